The Balaban J connectivity index is 1.54. The highest BCUT2D eigenvalue weighted by Crippen LogP contribution is 2.19. The standard InChI is InChI=1S/C23H18FN3O2/c24-18-10-11-21-19(13-18)23(29)27(15-25-21)14-22(28)26-20-9-5-4-8-17(20)12-16-6-2-1-3-7-16/h1-11,13,15H,12,14H2,(H,26,28). The van der Waals surface area contributed by atoms with Crippen molar-refractivity contribution < 1.29 is 9.18 Å². The first kappa shape index (κ1) is 18.6. The predicted octanol–water partition coefficient (Wildman–Crippen LogP) is 3.77. The van der Waals surface area contributed by atoms with Crippen molar-refractivity contribution in [1.82, 2.24) is 9.55 Å². The highest BCUT2D eigenvalue weighted by Gasteiger charge is 2.11. The van der Waals surface area contributed by atoms with E-state index in [1.165, 1.54) is 23.0 Å². The van der Waals surface area contributed by atoms with Crippen molar-refractivity contribution in [2.24, 2.45) is 0 Å². The number of amides is 1. The lowest BCUT2D eigenvalue weighted by molar-refractivity contribution is -0.116. The molecule has 0 saturated heterocycles. The van der Waals surface area contributed by atoms with E-state index in [2.05, 4.69) is 10.3 Å². The summed E-state index contributed by atoms with van der Waals surface area (Å²) >= 11 is 0. The van der Waals surface area contributed by atoms with Gasteiger partial charge in [-0.15, -0.1) is 0 Å². The van der Waals surface area contributed by atoms with E-state index >= 15 is 0 Å². The fourth-order valence-electron chi connectivity index (χ4n) is 3.20. The molecule has 0 fully saturated rings. The molecular weight excluding hydrogens is 369 g/mol. The van der Waals surface area contributed by atoms with E-state index in [-0.39, 0.29) is 17.8 Å². The Bertz CT molecular complexity index is 1240. The zero-order chi connectivity index (χ0) is 20.2. The lowest BCUT2D eigenvalue weighted by atomic mass is 10.0. The number of carbonyl (C=O) groups is 1. The van der Waals surface area contributed by atoms with Crippen LogP contribution in [0.25, 0.3) is 10.9 Å². The van der Waals surface area contributed by atoms with E-state index in [9.17, 15) is 14.0 Å². The maximum absolute atomic E-state index is 13.5. The van der Waals surface area contributed by atoms with E-state index < -0.39 is 11.4 Å². The average molecular weight is 387 g/mol. The van der Waals surface area contributed by atoms with Gasteiger partial charge < -0.3 is 5.32 Å². The molecule has 6 heteroatoms. The number of benzene rings is 3. The Morgan fingerprint density at radius 2 is 1.76 bits per heavy atom. The number of nitrogens with one attached hydrogen (secondary N) is 1. The number of para-hydroxylation sites is 1. The molecule has 0 radical (unpaired) electrons. The summed E-state index contributed by atoms with van der Waals surface area (Å²) in [7, 11) is 0. The molecule has 4 rings (SSSR count). The van der Waals surface area contributed by atoms with Crippen molar-refractivity contribution in [2.75, 3.05) is 5.32 Å². The fraction of sp³-hybridized carbons (Fsp3) is 0.0870. The van der Waals surface area contributed by atoms with Gasteiger partial charge in [-0.05, 0) is 41.8 Å². The van der Waals surface area contributed by atoms with Crippen LogP contribution in [-0.4, -0.2) is 15.5 Å². The number of aromatic nitrogens is 2. The summed E-state index contributed by atoms with van der Waals surface area (Å²) in [6.45, 7) is -0.210. The monoisotopic (exact) mass is 387 g/mol. The maximum Gasteiger partial charge on any atom is 0.261 e. The third-order valence-corrected chi connectivity index (χ3v) is 4.63. The van der Waals surface area contributed by atoms with Crippen LogP contribution in [-0.2, 0) is 17.8 Å². The van der Waals surface area contributed by atoms with Gasteiger partial charge in [0.2, 0.25) is 5.91 Å². The van der Waals surface area contributed by atoms with E-state index in [1.54, 1.807) is 0 Å². The molecule has 3 aromatic carbocycles. The number of anilines is 1. The molecule has 144 valence electrons. The van der Waals surface area contributed by atoms with Gasteiger partial charge in [-0.3, -0.25) is 14.2 Å². The summed E-state index contributed by atoms with van der Waals surface area (Å²) in [5.41, 5.74) is 2.72. The second-order valence-electron chi connectivity index (χ2n) is 6.71. The van der Waals surface area contributed by atoms with Crippen molar-refractivity contribution in [3.63, 3.8) is 0 Å². The Kier molecular flexibility index (Phi) is 5.16. The Morgan fingerprint density at radius 3 is 2.59 bits per heavy atom. The molecule has 0 atom stereocenters. The topological polar surface area (TPSA) is 64.0 Å². The van der Waals surface area contributed by atoms with Crippen molar-refractivity contribution in [1.29, 1.82) is 0 Å². The predicted molar refractivity (Wildman–Crippen MR) is 110 cm³/mol. The van der Waals surface area contributed by atoms with Crippen LogP contribution in [0.1, 0.15) is 11.1 Å². The molecule has 1 aromatic heterocycles. The zero-order valence-electron chi connectivity index (χ0n) is 15.5. The van der Waals surface area contributed by atoms with Crippen LogP contribution in [0.3, 0.4) is 0 Å². The van der Waals surface area contributed by atoms with Crippen molar-refractivity contribution in [2.45, 2.75) is 13.0 Å². The summed E-state index contributed by atoms with van der Waals surface area (Å²) in [6.07, 6.45) is 1.98. The first-order valence-corrected chi connectivity index (χ1v) is 9.16. The fourth-order valence-corrected chi connectivity index (χ4v) is 3.20. The molecular formula is C23H18FN3O2. The van der Waals surface area contributed by atoms with Gasteiger partial charge in [0, 0.05) is 5.69 Å². The van der Waals surface area contributed by atoms with Crippen molar-refractivity contribution >= 4 is 22.5 Å². The summed E-state index contributed by atoms with van der Waals surface area (Å²) in [6, 6.07) is 21.3. The molecule has 1 amide bonds. The number of fused-ring (bicyclic) bond motifs is 1. The third kappa shape index (κ3) is 4.21. The molecule has 0 aliphatic rings. The molecule has 1 N–H and O–H groups in total. The molecule has 1 heterocycles. The van der Waals surface area contributed by atoms with Crippen LogP contribution in [0, 0.1) is 5.82 Å². The second kappa shape index (κ2) is 8.06. The molecule has 29 heavy (non-hydrogen) atoms. The van der Waals surface area contributed by atoms with Crippen LogP contribution in [0.15, 0.2) is 83.9 Å². The highest BCUT2D eigenvalue weighted by atomic mass is 19.1. The quantitative estimate of drug-likeness (QED) is 0.567. The molecule has 5 nitrogen and oxygen atoms in total. The molecule has 0 aliphatic heterocycles. The molecule has 0 spiro atoms. The van der Waals surface area contributed by atoms with E-state index in [0.717, 1.165) is 17.2 Å². The average Bonchev–Trinajstić information content (AvgIpc) is 2.73. The third-order valence-electron chi connectivity index (χ3n) is 4.63. The van der Waals surface area contributed by atoms with Gasteiger partial charge in [-0.25, -0.2) is 9.37 Å². The number of rotatable bonds is 5. The minimum atomic E-state index is -0.520. The number of nitrogens with zero attached hydrogens (tertiary/aromatic N) is 2. The van der Waals surface area contributed by atoms with Crippen LogP contribution in [0.5, 0.6) is 0 Å². The molecule has 0 aliphatic carbocycles. The Hall–Kier alpha value is -3.80. The van der Waals surface area contributed by atoms with Crippen LogP contribution < -0.4 is 10.9 Å². The molecule has 0 unspecified atom stereocenters. The number of hydrogen-bond donors (Lipinski definition) is 1. The summed E-state index contributed by atoms with van der Waals surface area (Å²) in [4.78, 5) is 29.3. The van der Waals surface area contributed by atoms with E-state index in [1.807, 2.05) is 54.6 Å². The van der Waals surface area contributed by atoms with Gasteiger partial charge in [-0.1, -0.05) is 48.5 Å². The zero-order valence-corrected chi connectivity index (χ0v) is 15.5. The van der Waals surface area contributed by atoms with Gasteiger partial charge in [-0.2, -0.15) is 0 Å². The lowest BCUT2D eigenvalue weighted by Gasteiger charge is -2.12. The first-order chi connectivity index (χ1) is 14.1. The van der Waals surface area contributed by atoms with Gasteiger partial charge in [0.05, 0.1) is 17.2 Å². The number of carbonyl (C=O) groups excluding carboxylic acids is 1. The summed E-state index contributed by atoms with van der Waals surface area (Å²) in [5.74, 6) is -0.876. The van der Waals surface area contributed by atoms with Crippen molar-refractivity contribution in [3.05, 3.63) is 106 Å². The second-order valence-corrected chi connectivity index (χ2v) is 6.71. The SMILES string of the molecule is O=C(Cn1cnc2ccc(F)cc2c1=O)Nc1ccccc1Cc1ccccc1. The Morgan fingerprint density at radius 1 is 1.00 bits per heavy atom. The minimum absolute atomic E-state index is 0.143. The van der Waals surface area contributed by atoms with Crippen LogP contribution in [0.2, 0.25) is 0 Å². The summed E-state index contributed by atoms with van der Waals surface area (Å²) in [5, 5.41) is 3.01. The maximum atomic E-state index is 13.5. The minimum Gasteiger partial charge on any atom is -0.324 e. The molecule has 0 saturated carbocycles. The van der Waals surface area contributed by atoms with E-state index in [0.29, 0.717) is 17.6 Å². The van der Waals surface area contributed by atoms with Crippen LogP contribution in [0.4, 0.5) is 10.1 Å². The molecule has 0 bridgehead atoms. The summed E-state index contributed by atoms with van der Waals surface area (Å²) < 4.78 is 14.6. The smallest absolute Gasteiger partial charge is 0.261 e. The van der Waals surface area contributed by atoms with Gasteiger partial charge in [0.25, 0.3) is 5.56 Å². The lowest BCUT2D eigenvalue weighted by Crippen LogP contribution is -2.28. The highest BCUT2D eigenvalue weighted by molar-refractivity contribution is 5.91. The van der Waals surface area contributed by atoms with Gasteiger partial charge >= 0.3 is 0 Å². The molecule has 4 aromatic rings. The van der Waals surface area contributed by atoms with Gasteiger partial charge in [0.15, 0.2) is 0 Å². The van der Waals surface area contributed by atoms with Crippen LogP contribution >= 0.6 is 0 Å². The number of hydrogen-bond acceptors (Lipinski definition) is 3. The first-order valence-electron chi connectivity index (χ1n) is 9.16. The Labute approximate surface area is 166 Å². The van der Waals surface area contributed by atoms with E-state index in [4.69, 9.17) is 0 Å². The van der Waals surface area contributed by atoms with Crippen molar-refractivity contribution in [3.8, 4) is 0 Å². The normalized spacial score (nSPS) is 10.8. The number of halogens is 1. The largest absolute Gasteiger partial charge is 0.324 e. The van der Waals surface area contributed by atoms with Gasteiger partial charge in [0.1, 0.15) is 12.4 Å².